The largest absolute Gasteiger partial charge is 0.356 e. The molecule has 0 spiro atoms. The van der Waals surface area contributed by atoms with Crippen LogP contribution in [0.1, 0.15) is 5.56 Å². The van der Waals surface area contributed by atoms with Gasteiger partial charge in [0.1, 0.15) is 17.3 Å². The molecule has 0 aliphatic heterocycles. The fourth-order valence-corrected chi connectivity index (χ4v) is 1.90. The molecule has 0 bridgehead atoms. The van der Waals surface area contributed by atoms with Gasteiger partial charge in [0.05, 0.1) is 6.20 Å². The normalized spacial score (nSPS) is 10.8. The van der Waals surface area contributed by atoms with Crippen LogP contribution in [0.15, 0.2) is 47.2 Å². The Morgan fingerprint density at radius 3 is 2.60 bits per heavy atom. The van der Waals surface area contributed by atoms with Crippen LogP contribution in [0.4, 0.5) is 8.78 Å². The molecule has 0 aliphatic carbocycles. The van der Waals surface area contributed by atoms with E-state index in [4.69, 9.17) is 4.52 Å². The van der Waals surface area contributed by atoms with Crippen LogP contribution in [0, 0.1) is 18.6 Å². The Morgan fingerprint density at radius 2 is 1.85 bits per heavy atom. The van der Waals surface area contributed by atoms with Crippen LogP contribution in [0.3, 0.4) is 0 Å². The van der Waals surface area contributed by atoms with Gasteiger partial charge >= 0.3 is 0 Å². The lowest BCUT2D eigenvalue weighted by Gasteiger charge is -1.98. The molecule has 0 fully saturated rings. The number of aromatic nitrogens is 2. The zero-order valence-corrected chi connectivity index (χ0v) is 10.6. The van der Waals surface area contributed by atoms with Crippen LogP contribution >= 0.6 is 0 Å². The Balaban J connectivity index is 1.99. The van der Waals surface area contributed by atoms with Crippen molar-refractivity contribution in [3.8, 4) is 22.6 Å². The zero-order chi connectivity index (χ0) is 14.1. The van der Waals surface area contributed by atoms with Gasteiger partial charge in [0, 0.05) is 23.4 Å². The van der Waals surface area contributed by atoms with Crippen molar-refractivity contribution >= 4 is 0 Å². The molecule has 0 radical (unpaired) electrons. The third-order valence-electron chi connectivity index (χ3n) is 2.95. The molecule has 20 heavy (non-hydrogen) atoms. The van der Waals surface area contributed by atoms with Gasteiger partial charge in [-0.2, -0.15) is 0 Å². The number of benzene rings is 1. The van der Waals surface area contributed by atoms with Crippen LogP contribution in [-0.4, -0.2) is 10.1 Å². The van der Waals surface area contributed by atoms with Gasteiger partial charge in [-0.15, -0.1) is 0 Å². The Labute approximate surface area is 113 Å². The molecular weight excluding hydrogens is 262 g/mol. The Morgan fingerprint density at radius 1 is 1.00 bits per heavy atom. The van der Waals surface area contributed by atoms with Crippen molar-refractivity contribution in [1.82, 2.24) is 10.1 Å². The van der Waals surface area contributed by atoms with Crippen LogP contribution in [0.2, 0.25) is 0 Å². The Kier molecular flexibility index (Phi) is 3.02. The van der Waals surface area contributed by atoms with E-state index in [1.807, 2.05) is 0 Å². The SMILES string of the molecule is Cc1cc(-c2cc(-c3cncc(F)c3)no2)ccc1F. The van der Waals surface area contributed by atoms with E-state index in [2.05, 4.69) is 10.1 Å². The first kappa shape index (κ1) is 12.5. The molecule has 1 aromatic carbocycles. The van der Waals surface area contributed by atoms with E-state index < -0.39 is 5.82 Å². The second-order valence-corrected chi connectivity index (χ2v) is 4.43. The van der Waals surface area contributed by atoms with E-state index in [1.165, 1.54) is 18.3 Å². The smallest absolute Gasteiger partial charge is 0.167 e. The van der Waals surface area contributed by atoms with E-state index in [0.717, 1.165) is 6.20 Å². The van der Waals surface area contributed by atoms with Gasteiger partial charge in [-0.3, -0.25) is 4.98 Å². The maximum Gasteiger partial charge on any atom is 0.167 e. The fraction of sp³-hybridized carbons (Fsp3) is 0.0667. The quantitative estimate of drug-likeness (QED) is 0.708. The van der Waals surface area contributed by atoms with Crippen molar-refractivity contribution < 1.29 is 13.3 Å². The van der Waals surface area contributed by atoms with Crippen molar-refractivity contribution in [3.05, 3.63) is 59.9 Å². The van der Waals surface area contributed by atoms with Gasteiger partial charge in [0.25, 0.3) is 0 Å². The summed E-state index contributed by atoms with van der Waals surface area (Å²) >= 11 is 0. The highest BCUT2D eigenvalue weighted by molar-refractivity contribution is 5.66. The summed E-state index contributed by atoms with van der Waals surface area (Å²) in [5.74, 6) is -0.222. The highest BCUT2D eigenvalue weighted by atomic mass is 19.1. The predicted octanol–water partition coefficient (Wildman–Crippen LogP) is 3.99. The summed E-state index contributed by atoms with van der Waals surface area (Å²) in [5.41, 5.74) is 2.24. The lowest BCUT2D eigenvalue weighted by Crippen LogP contribution is -1.83. The Bertz CT molecular complexity index is 768. The average molecular weight is 272 g/mol. The lowest BCUT2D eigenvalue weighted by atomic mass is 10.1. The zero-order valence-electron chi connectivity index (χ0n) is 10.6. The van der Waals surface area contributed by atoms with Crippen molar-refractivity contribution in [2.45, 2.75) is 6.92 Å². The third-order valence-corrected chi connectivity index (χ3v) is 2.95. The van der Waals surface area contributed by atoms with Crippen LogP contribution < -0.4 is 0 Å². The highest BCUT2D eigenvalue weighted by Crippen LogP contribution is 2.27. The molecule has 100 valence electrons. The van der Waals surface area contributed by atoms with Gasteiger partial charge in [-0.25, -0.2) is 8.78 Å². The molecule has 5 heteroatoms. The molecule has 0 unspecified atom stereocenters. The molecule has 0 N–H and O–H groups in total. The van der Waals surface area contributed by atoms with Crippen LogP contribution in [0.5, 0.6) is 0 Å². The minimum atomic E-state index is -0.440. The topological polar surface area (TPSA) is 38.9 Å². The summed E-state index contributed by atoms with van der Waals surface area (Å²) < 4.78 is 31.6. The molecule has 3 nitrogen and oxygen atoms in total. The minimum absolute atomic E-state index is 0.275. The highest BCUT2D eigenvalue weighted by Gasteiger charge is 2.10. The lowest BCUT2D eigenvalue weighted by molar-refractivity contribution is 0.434. The van der Waals surface area contributed by atoms with Crippen molar-refractivity contribution in [2.75, 3.05) is 0 Å². The van der Waals surface area contributed by atoms with Gasteiger partial charge in [-0.05, 0) is 36.8 Å². The summed E-state index contributed by atoms with van der Waals surface area (Å²) in [4.78, 5) is 3.76. The van der Waals surface area contributed by atoms with Gasteiger partial charge in [0.2, 0.25) is 0 Å². The van der Waals surface area contributed by atoms with Gasteiger partial charge in [0.15, 0.2) is 5.76 Å². The van der Waals surface area contributed by atoms with E-state index >= 15 is 0 Å². The third kappa shape index (κ3) is 2.30. The molecule has 2 aromatic heterocycles. The molecule has 0 saturated heterocycles. The summed E-state index contributed by atoms with van der Waals surface area (Å²) in [6.07, 6.45) is 2.62. The molecule has 0 atom stereocenters. The summed E-state index contributed by atoms with van der Waals surface area (Å²) in [6, 6.07) is 7.64. The standard InChI is InChI=1S/C15H10F2N2O/c1-9-4-10(2-3-13(9)17)15-6-14(19-20-15)11-5-12(16)8-18-7-11/h2-8H,1H3. The van der Waals surface area contributed by atoms with Crippen molar-refractivity contribution in [3.63, 3.8) is 0 Å². The van der Waals surface area contributed by atoms with E-state index in [1.54, 1.807) is 25.1 Å². The van der Waals surface area contributed by atoms with Crippen molar-refractivity contribution in [1.29, 1.82) is 0 Å². The molecule has 3 aromatic rings. The Hall–Kier alpha value is -2.56. The molecule has 0 saturated carbocycles. The fourth-order valence-electron chi connectivity index (χ4n) is 1.90. The number of rotatable bonds is 2. The minimum Gasteiger partial charge on any atom is -0.356 e. The number of nitrogens with zero attached hydrogens (tertiary/aromatic N) is 2. The number of hydrogen-bond acceptors (Lipinski definition) is 3. The number of halogens is 2. The monoisotopic (exact) mass is 272 g/mol. The second kappa shape index (κ2) is 4.85. The first-order valence-electron chi connectivity index (χ1n) is 5.97. The van der Waals surface area contributed by atoms with Gasteiger partial charge < -0.3 is 4.52 Å². The predicted molar refractivity (Wildman–Crippen MR) is 69.8 cm³/mol. The maximum absolute atomic E-state index is 13.2. The van der Waals surface area contributed by atoms with Crippen molar-refractivity contribution in [2.24, 2.45) is 0 Å². The van der Waals surface area contributed by atoms with Crippen LogP contribution in [0.25, 0.3) is 22.6 Å². The van der Waals surface area contributed by atoms with E-state index in [-0.39, 0.29) is 5.82 Å². The summed E-state index contributed by atoms with van der Waals surface area (Å²) in [5, 5.41) is 3.88. The van der Waals surface area contributed by atoms with E-state index in [9.17, 15) is 8.78 Å². The second-order valence-electron chi connectivity index (χ2n) is 4.43. The summed E-state index contributed by atoms with van der Waals surface area (Å²) in [6.45, 7) is 1.67. The molecule has 0 amide bonds. The first-order valence-corrected chi connectivity index (χ1v) is 5.97. The van der Waals surface area contributed by atoms with E-state index in [0.29, 0.717) is 28.1 Å². The summed E-state index contributed by atoms with van der Waals surface area (Å²) in [7, 11) is 0. The van der Waals surface area contributed by atoms with Crippen LogP contribution in [-0.2, 0) is 0 Å². The molecular formula is C15H10F2N2O. The number of aryl methyl sites for hydroxylation is 1. The molecule has 0 aliphatic rings. The first-order chi connectivity index (χ1) is 9.63. The average Bonchev–Trinajstić information content (AvgIpc) is 2.92. The molecule has 2 heterocycles. The number of pyridine rings is 1. The molecule has 3 rings (SSSR count). The maximum atomic E-state index is 13.2. The van der Waals surface area contributed by atoms with Gasteiger partial charge in [-0.1, -0.05) is 5.16 Å². The number of hydrogen-bond donors (Lipinski definition) is 0.